The van der Waals surface area contributed by atoms with Gasteiger partial charge in [0.15, 0.2) is 6.10 Å². The summed E-state index contributed by atoms with van der Waals surface area (Å²) < 4.78 is 89.1. The standard InChI is InChI=1S/C22H20F6N4O3/c1-4-6-18-30-32(21(34)31(18)3)16-10-17(35-11(2)22(26,27)28)12(9-15(16)25)20(33)29-19-13(23)7-5-8-14(19)24/h5,7-11H,4,6H2,1-3H3,(H,29,33)/t11-/m0/s1. The first-order chi connectivity index (χ1) is 16.3. The van der Waals surface area contributed by atoms with E-state index in [0.717, 1.165) is 22.8 Å². The van der Waals surface area contributed by atoms with Crippen LogP contribution < -0.4 is 15.7 Å². The van der Waals surface area contributed by atoms with Gasteiger partial charge in [0.1, 0.15) is 40.4 Å². The number of alkyl halides is 3. The average molecular weight is 502 g/mol. The predicted molar refractivity (Wildman–Crippen MR) is 113 cm³/mol. The van der Waals surface area contributed by atoms with Crippen molar-refractivity contribution in [2.45, 2.75) is 39.0 Å². The van der Waals surface area contributed by atoms with Gasteiger partial charge in [0, 0.05) is 19.5 Å². The number of aryl methyl sites for hydroxylation is 1. The molecule has 1 atom stereocenters. The second-order valence-corrected chi connectivity index (χ2v) is 7.57. The molecule has 0 aliphatic heterocycles. The van der Waals surface area contributed by atoms with Crippen LogP contribution in [0.3, 0.4) is 0 Å². The number of hydrogen-bond acceptors (Lipinski definition) is 4. The van der Waals surface area contributed by atoms with Crippen molar-refractivity contribution in [1.82, 2.24) is 14.3 Å². The minimum absolute atomic E-state index is 0.292. The summed E-state index contributed by atoms with van der Waals surface area (Å²) in [6.45, 7) is 2.47. The molecule has 0 saturated heterocycles. The third-order valence-corrected chi connectivity index (χ3v) is 5.03. The smallest absolute Gasteiger partial charge is 0.425 e. The van der Waals surface area contributed by atoms with Crippen LogP contribution in [-0.4, -0.2) is 32.5 Å². The molecule has 35 heavy (non-hydrogen) atoms. The molecule has 1 amide bonds. The molecule has 0 aliphatic rings. The number of nitrogens with zero attached hydrogens (tertiary/aromatic N) is 3. The molecule has 0 spiro atoms. The molecular weight excluding hydrogens is 482 g/mol. The number of aromatic nitrogens is 3. The van der Waals surface area contributed by atoms with Crippen LogP contribution in [0, 0.1) is 17.5 Å². The summed E-state index contributed by atoms with van der Waals surface area (Å²) >= 11 is 0. The van der Waals surface area contributed by atoms with Crippen LogP contribution in [-0.2, 0) is 13.5 Å². The molecule has 3 rings (SSSR count). The molecule has 0 radical (unpaired) electrons. The van der Waals surface area contributed by atoms with Crippen LogP contribution in [0.4, 0.5) is 32.0 Å². The maximum Gasteiger partial charge on any atom is 0.425 e. The molecule has 0 saturated carbocycles. The van der Waals surface area contributed by atoms with Crippen LogP contribution in [0.25, 0.3) is 5.69 Å². The highest BCUT2D eigenvalue weighted by atomic mass is 19.4. The zero-order chi connectivity index (χ0) is 26.1. The van der Waals surface area contributed by atoms with Crippen molar-refractivity contribution in [3.05, 3.63) is 69.7 Å². The fourth-order valence-corrected chi connectivity index (χ4v) is 3.11. The first-order valence-electron chi connectivity index (χ1n) is 10.3. The van der Waals surface area contributed by atoms with E-state index in [9.17, 15) is 31.5 Å². The molecule has 1 N–H and O–H groups in total. The van der Waals surface area contributed by atoms with E-state index in [2.05, 4.69) is 5.10 Å². The van der Waals surface area contributed by atoms with Gasteiger partial charge in [0.2, 0.25) is 0 Å². The van der Waals surface area contributed by atoms with E-state index < -0.39 is 64.0 Å². The van der Waals surface area contributed by atoms with Crippen molar-refractivity contribution in [3.63, 3.8) is 0 Å². The van der Waals surface area contributed by atoms with E-state index >= 15 is 4.39 Å². The predicted octanol–water partition coefficient (Wildman–Crippen LogP) is 4.52. The summed E-state index contributed by atoms with van der Waals surface area (Å²) in [5.74, 6) is -5.37. The number of benzene rings is 2. The van der Waals surface area contributed by atoms with Gasteiger partial charge >= 0.3 is 11.9 Å². The summed E-state index contributed by atoms with van der Waals surface area (Å²) in [6, 6.07) is 3.92. The molecule has 1 aromatic heterocycles. The van der Waals surface area contributed by atoms with Gasteiger partial charge in [-0.3, -0.25) is 9.36 Å². The highest BCUT2D eigenvalue weighted by molar-refractivity contribution is 6.06. The highest BCUT2D eigenvalue weighted by Crippen LogP contribution is 2.31. The first kappa shape index (κ1) is 25.8. The van der Waals surface area contributed by atoms with Gasteiger partial charge in [0.25, 0.3) is 5.91 Å². The normalized spacial score (nSPS) is 12.5. The lowest BCUT2D eigenvalue weighted by molar-refractivity contribution is -0.189. The van der Waals surface area contributed by atoms with Crippen molar-refractivity contribution in [2.24, 2.45) is 7.05 Å². The number of rotatable bonds is 7. The quantitative estimate of drug-likeness (QED) is 0.482. The summed E-state index contributed by atoms with van der Waals surface area (Å²) in [7, 11) is 1.39. The van der Waals surface area contributed by atoms with Gasteiger partial charge in [-0.2, -0.15) is 17.9 Å². The molecule has 0 fully saturated rings. The van der Waals surface area contributed by atoms with Gasteiger partial charge < -0.3 is 10.1 Å². The van der Waals surface area contributed by atoms with Gasteiger partial charge in [-0.05, 0) is 31.5 Å². The average Bonchev–Trinajstić information content (AvgIpc) is 3.05. The largest absolute Gasteiger partial charge is 0.480 e. The monoisotopic (exact) mass is 502 g/mol. The van der Waals surface area contributed by atoms with Crippen LogP contribution in [0.5, 0.6) is 5.75 Å². The lowest BCUT2D eigenvalue weighted by atomic mass is 10.1. The molecule has 0 aliphatic carbocycles. The molecule has 0 unspecified atom stereocenters. The number of nitrogens with one attached hydrogen (secondary N) is 1. The molecule has 2 aromatic carbocycles. The Labute approximate surface area is 194 Å². The van der Waals surface area contributed by atoms with Crippen LogP contribution >= 0.6 is 0 Å². The molecular formula is C22H20F6N4O3. The molecule has 3 aromatic rings. The third-order valence-electron chi connectivity index (χ3n) is 5.03. The number of halogens is 6. The fraction of sp³-hybridized carbons (Fsp3) is 0.318. The Morgan fingerprint density at radius 3 is 2.34 bits per heavy atom. The van der Waals surface area contributed by atoms with E-state index in [0.29, 0.717) is 42.4 Å². The van der Waals surface area contributed by atoms with Gasteiger partial charge in [0.05, 0.1) is 5.56 Å². The number of carbonyl (C=O) groups excluding carboxylic acids is 1. The van der Waals surface area contributed by atoms with Crippen LogP contribution in [0.2, 0.25) is 0 Å². The third kappa shape index (κ3) is 5.33. The lowest BCUT2D eigenvalue weighted by Gasteiger charge is -2.20. The van der Waals surface area contributed by atoms with Gasteiger partial charge in [-0.1, -0.05) is 13.0 Å². The van der Waals surface area contributed by atoms with E-state index in [-0.39, 0.29) is 0 Å². The molecule has 13 heteroatoms. The van der Waals surface area contributed by atoms with Gasteiger partial charge in [-0.15, -0.1) is 5.10 Å². The molecule has 7 nitrogen and oxygen atoms in total. The van der Waals surface area contributed by atoms with Crippen LogP contribution in [0.15, 0.2) is 35.1 Å². The number of anilines is 1. The minimum Gasteiger partial charge on any atom is -0.480 e. The zero-order valence-corrected chi connectivity index (χ0v) is 18.7. The van der Waals surface area contributed by atoms with Crippen molar-refractivity contribution in [2.75, 3.05) is 5.32 Å². The van der Waals surface area contributed by atoms with Crippen molar-refractivity contribution >= 4 is 11.6 Å². The zero-order valence-electron chi connectivity index (χ0n) is 18.7. The first-order valence-corrected chi connectivity index (χ1v) is 10.3. The number of para-hydroxylation sites is 1. The summed E-state index contributed by atoms with van der Waals surface area (Å²) in [4.78, 5) is 25.3. The van der Waals surface area contributed by atoms with Crippen molar-refractivity contribution in [1.29, 1.82) is 0 Å². The molecule has 1 heterocycles. The Kier molecular flexibility index (Phi) is 7.27. The number of hydrogen-bond donors (Lipinski definition) is 1. The Morgan fingerprint density at radius 1 is 1.14 bits per heavy atom. The number of ether oxygens (including phenoxy) is 1. The van der Waals surface area contributed by atoms with E-state index in [1.165, 1.54) is 7.05 Å². The summed E-state index contributed by atoms with van der Waals surface area (Å²) in [5.41, 5.74) is -3.04. The second-order valence-electron chi connectivity index (χ2n) is 7.57. The summed E-state index contributed by atoms with van der Waals surface area (Å²) in [5, 5.41) is 5.88. The van der Waals surface area contributed by atoms with Crippen molar-refractivity contribution < 1.29 is 35.9 Å². The van der Waals surface area contributed by atoms with E-state index in [4.69, 9.17) is 4.74 Å². The summed E-state index contributed by atoms with van der Waals surface area (Å²) in [6.07, 6.45) is -6.34. The van der Waals surface area contributed by atoms with E-state index in [1.807, 2.05) is 12.2 Å². The number of amides is 1. The SMILES string of the molecule is CCCc1nn(-c2cc(O[C@@H](C)C(F)(F)F)c(C(=O)Nc3c(F)cccc3F)cc2F)c(=O)n1C. The molecule has 0 bridgehead atoms. The maximum absolute atomic E-state index is 15.0. The number of carbonyl (C=O) groups is 1. The van der Waals surface area contributed by atoms with Crippen molar-refractivity contribution in [3.8, 4) is 11.4 Å². The topological polar surface area (TPSA) is 78.2 Å². The van der Waals surface area contributed by atoms with Crippen LogP contribution in [0.1, 0.15) is 36.5 Å². The molecule has 188 valence electrons. The van der Waals surface area contributed by atoms with E-state index in [1.54, 1.807) is 0 Å². The Balaban J connectivity index is 2.14. The Hall–Kier alpha value is -3.77. The Morgan fingerprint density at radius 2 is 1.77 bits per heavy atom. The van der Waals surface area contributed by atoms with Gasteiger partial charge in [-0.25, -0.2) is 18.0 Å². The maximum atomic E-state index is 15.0. The highest BCUT2D eigenvalue weighted by Gasteiger charge is 2.39. The lowest BCUT2D eigenvalue weighted by Crippen LogP contribution is -2.32. The fourth-order valence-electron chi connectivity index (χ4n) is 3.11. The Bertz CT molecular complexity index is 1300. The minimum atomic E-state index is -4.87. The second kappa shape index (κ2) is 9.84.